The quantitative estimate of drug-likeness (QED) is 0.836. The molecule has 0 aromatic carbocycles. The molecular formula is C15H24N2O3. The van der Waals surface area contributed by atoms with E-state index in [2.05, 4.69) is 17.1 Å². The number of piperidine rings is 1. The molecule has 1 aromatic heterocycles. The Morgan fingerprint density at radius 3 is 2.75 bits per heavy atom. The van der Waals surface area contributed by atoms with Gasteiger partial charge in [-0.15, -0.1) is 0 Å². The zero-order chi connectivity index (χ0) is 14.5. The van der Waals surface area contributed by atoms with E-state index in [1.807, 2.05) is 6.07 Å². The Morgan fingerprint density at radius 2 is 2.20 bits per heavy atom. The van der Waals surface area contributed by atoms with Crippen LogP contribution in [0, 0.1) is 6.92 Å². The maximum absolute atomic E-state index is 10.9. The van der Waals surface area contributed by atoms with Crippen molar-refractivity contribution in [3.05, 3.63) is 23.2 Å². The van der Waals surface area contributed by atoms with Crippen LogP contribution in [0.15, 0.2) is 10.5 Å². The molecule has 0 radical (unpaired) electrons. The number of aromatic carboxylic acids is 1. The van der Waals surface area contributed by atoms with Crippen molar-refractivity contribution < 1.29 is 14.3 Å². The second-order valence-corrected chi connectivity index (χ2v) is 5.53. The summed E-state index contributed by atoms with van der Waals surface area (Å²) in [6.07, 6.45) is 3.50. The number of rotatable bonds is 6. The lowest BCUT2D eigenvalue weighted by molar-refractivity contribution is 0.0659. The summed E-state index contributed by atoms with van der Waals surface area (Å²) in [4.78, 5) is 13.4. The van der Waals surface area contributed by atoms with Crippen LogP contribution in [0.4, 0.5) is 0 Å². The van der Waals surface area contributed by atoms with Crippen molar-refractivity contribution in [2.75, 3.05) is 19.6 Å². The fraction of sp³-hybridized carbons (Fsp3) is 0.667. The molecule has 1 aliphatic rings. The number of furan rings is 1. The van der Waals surface area contributed by atoms with E-state index in [0.717, 1.165) is 25.9 Å². The second-order valence-electron chi connectivity index (χ2n) is 5.53. The molecule has 0 amide bonds. The molecule has 0 saturated carbocycles. The van der Waals surface area contributed by atoms with Gasteiger partial charge in [-0.2, -0.15) is 0 Å². The van der Waals surface area contributed by atoms with E-state index in [1.54, 1.807) is 6.92 Å². The van der Waals surface area contributed by atoms with Gasteiger partial charge in [0.1, 0.15) is 5.76 Å². The SMILES string of the molecule is CCCN1CCC(NCc2cc(C)c(C(=O)O)o2)CC1. The van der Waals surface area contributed by atoms with Gasteiger partial charge in [0.15, 0.2) is 0 Å². The van der Waals surface area contributed by atoms with Gasteiger partial charge >= 0.3 is 5.97 Å². The topological polar surface area (TPSA) is 65.7 Å². The fourth-order valence-electron chi connectivity index (χ4n) is 2.77. The third-order valence-electron chi connectivity index (χ3n) is 3.86. The van der Waals surface area contributed by atoms with Crippen LogP contribution in [0.1, 0.15) is 48.1 Å². The minimum atomic E-state index is -0.998. The summed E-state index contributed by atoms with van der Waals surface area (Å²) in [6, 6.07) is 2.31. The van der Waals surface area contributed by atoms with E-state index >= 15 is 0 Å². The summed E-state index contributed by atoms with van der Waals surface area (Å²) < 4.78 is 5.35. The lowest BCUT2D eigenvalue weighted by Crippen LogP contribution is -2.42. The van der Waals surface area contributed by atoms with Gasteiger partial charge in [0.05, 0.1) is 6.54 Å². The number of nitrogens with one attached hydrogen (secondary N) is 1. The van der Waals surface area contributed by atoms with Crippen molar-refractivity contribution in [3.8, 4) is 0 Å². The molecule has 2 N–H and O–H groups in total. The Balaban J connectivity index is 1.79. The van der Waals surface area contributed by atoms with Crippen molar-refractivity contribution in [2.45, 2.75) is 45.7 Å². The van der Waals surface area contributed by atoms with E-state index in [0.29, 0.717) is 23.9 Å². The van der Waals surface area contributed by atoms with Crippen LogP contribution in [0.3, 0.4) is 0 Å². The second kappa shape index (κ2) is 6.90. The first-order valence-corrected chi connectivity index (χ1v) is 7.38. The molecular weight excluding hydrogens is 256 g/mol. The van der Waals surface area contributed by atoms with Crippen LogP contribution < -0.4 is 5.32 Å². The molecule has 1 saturated heterocycles. The van der Waals surface area contributed by atoms with Crippen molar-refractivity contribution in [2.24, 2.45) is 0 Å². The molecule has 0 aliphatic carbocycles. The standard InChI is InChI=1S/C15H24N2O3/c1-3-6-17-7-4-12(5-8-17)16-10-13-9-11(2)14(20-13)15(18)19/h9,12,16H,3-8,10H2,1-2H3,(H,18,19). The normalized spacial score (nSPS) is 17.5. The molecule has 5 heteroatoms. The van der Waals surface area contributed by atoms with Gasteiger partial charge in [0, 0.05) is 11.6 Å². The van der Waals surface area contributed by atoms with Crippen molar-refractivity contribution in [1.82, 2.24) is 10.2 Å². The molecule has 1 fully saturated rings. The fourth-order valence-corrected chi connectivity index (χ4v) is 2.77. The number of hydrogen-bond acceptors (Lipinski definition) is 4. The predicted molar refractivity (Wildman–Crippen MR) is 77.0 cm³/mol. The van der Waals surface area contributed by atoms with Gasteiger partial charge in [-0.25, -0.2) is 4.79 Å². The first-order chi connectivity index (χ1) is 9.60. The van der Waals surface area contributed by atoms with Gasteiger partial charge < -0.3 is 19.7 Å². The average molecular weight is 280 g/mol. The van der Waals surface area contributed by atoms with Crippen LogP contribution in [0.2, 0.25) is 0 Å². The number of carbonyl (C=O) groups is 1. The highest BCUT2D eigenvalue weighted by Gasteiger charge is 2.19. The number of likely N-dealkylation sites (tertiary alicyclic amines) is 1. The Morgan fingerprint density at radius 1 is 1.50 bits per heavy atom. The Labute approximate surface area is 119 Å². The summed E-state index contributed by atoms with van der Waals surface area (Å²) in [6.45, 7) is 8.05. The van der Waals surface area contributed by atoms with E-state index in [-0.39, 0.29) is 5.76 Å². The maximum atomic E-state index is 10.9. The Hall–Kier alpha value is -1.33. The molecule has 112 valence electrons. The summed E-state index contributed by atoms with van der Waals surface area (Å²) >= 11 is 0. The van der Waals surface area contributed by atoms with Crippen molar-refractivity contribution in [3.63, 3.8) is 0 Å². The van der Waals surface area contributed by atoms with E-state index in [4.69, 9.17) is 9.52 Å². The van der Waals surface area contributed by atoms with Crippen molar-refractivity contribution in [1.29, 1.82) is 0 Å². The largest absolute Gasteiger partial charge is 0.475 e. The first kappa shape index (κ1) is 15.1. The number of aryl methyl sites for hydroxylation is 1. The van der Waals surface area contributed by atoms with Gasteiger partial charge in [-0.3, -0.25) is 0 Å². The zero-order valence-electron chi connectivity index (χ0n) is 12.3. The lowest BCUT2D eigenvalue weighted by atomic mass is 10.0. The summed E-state index contributed by atoms with van der Waals surface area (Å²) in [5.41, 5.74) is 0.687. The number of nitrogens with zero attached hydrogens (tertiary/aromatic N) is 1. The molecule has 1 aromatic rings. The highest BCUT2D eigenvalue weighted by molar-refractivity contribution is 5.86. The molecule has 0 unspecified atom stereocenters. The third-order valence-corrected chi connectivity index (χ3v) is 3.86. The predicted octanol–water partition coefficient (Wildman–Crippen LogP) is 2.25. The molecule has 0 spiro atoms. The third kappa shape index (κ3) is 3.84. The molecule has 5 nitrogen and oxygen atoms in total. The first-order valence-electron chi connectivity index (χ1n) is 7.38. The Bertz CT molecular complexity index is 448. The van der Waals surface area contributed by atoms with Gasteiger partial charge in [0.2, 0.25) is 5.76 Å². The van der Waals surface area contributed by atoms with E-state index < -0.39 is 5.97 Å². The highest BCUT2D eigenvalue weighted by atomic mass is 16.4. The lowest BCUT2D eigenvalue weighted by Gasteiger charge is -2.32. The van der Waals surface area contributed by atoms with Crippen LogP contribution in [-0.2, 0) is 6.54 Å². The van der Waals surface area contributed by atoms with Crippen molar-refractivity contribution >= 4 is 5.97 Å². The van der Waals surface area contributed by atoms with Gasteiger partial charge in [-0.1, -0.05) is 6.92 Å². The Kier molecular flexibility index (Phi) is 5.20. The zero-order valence-corrected chi connectivity index (χ0v) is 12.3. The van der Waals surface area contributed by atoms with Gasteiger partial charge in [-0.05, 0) is 51.9 Å². The summed E-state index contributed by atoms with van der Waals surface area (Å²) in [7, 11) is 0. The molecule has 0 bridgehead atoms. The minimum absolute atomic E-state index is 0.0552. The van der Waals surface area contributed by atoms with E-state index in [9.17, 15) is 4.79 Å². The van der Waals surface area contributed by atoms with Crippen LogP contribution in [0.5, 0.6) is 0 Å². The minimum Gasteiger partial charge on any atom is -0.475 e. The highest BCUT2D eigenvalue weighted by Crippen LogP contribution is 2.16. The van der Waals surface area contributed by atoms with E-state index in [1.165, 1.54) is 13.0 Å². The van der Waals surface area contributed by atoms with Crippen LogP contribution in [-0.4, -0.2) is 41.7 Å². The number of carboxylic acid groups (broad SMARTS) is 1. The summed E-state index contributed by atoms with van der Waals surface area (Å²) in [5.74, 6) is -0.239. The maximum Gasteiger partial charge on any atom is 0.372 e. The summed E-state index contributed by atoms with van der Waals surface area (Å²) in [5, 5.41) is 12.4. The number of carboxylic acids is 1. The van der Waals surface area contributed by atoms with Gasteiger partial charge in [0.25, 0.3) is 0 Å². The monoisotopic (exact) mass is 280 g/mol. The molecule has 1 aliphatic heterocycles. The average Bonchev–Trinajstić information content (AvgIpc) is 2.80. The molecule has 20 heavy (non-hydrogen) atoms. The van der Waals surface area contributed by atoms with Crippen LogP contribution in [0.25, 0.3) is 0 Å². The van der Waals surface area contributed by atoms with Crippen LogP contribution >= 0.6 is 0 Å². The smallest absolute Gasteiger partial charge is 0.372 e. The molecule has 0 atom stereocenters. The molecule has 2 heterocycles. The number of hydrogen-bond donors (Lipinski definition) is 2. The molecule has 2 rings (SSSR count).